The Morgan fingerprint density at radius 2 is 1.83 bits per heavy atom. The van der Waals surface area contributed by atoms with E-state index in [4.69, 9.17) is 0 Å². The van der Waals surface area contributed by atoms with Crippen molar-refractivity contribution in [3.8, 4) is 0 Å². The third-order valence-corrected chi connectivity index (χ3v) is 7.04. The van der Waals surface area contributed by atoms with Crippen LogP contribution in [0.1, 0.15) is 24.8 Å². The Bertz CT molecular complexity index is 1150. The number of hydrogen-bond acceptors (Lipinski definition) is 5. The van der Waals surface area contributed by atoms with Crippen molar-refractivity contribution >= 4 is 27.0 Å². The normalized spacial score (nSPS) is 15.0. The Hall–Kier alpha value is -2.85. The molecule has 0 atom stereocenters. The van der Waals surface area contributed by atoms with Crippen LogP contribution in [0.2, 0.25) is 0 Å². The summed E-state index contributed by atoms with van der Waals surface area (Å²) in [5, 5.41) is 10.9. The van der Waals surface area contributed by atoms with Gasteiger partial charge in [-0.2, -0.15) is 4.31 Å². The number of nitrogens with one attached hydrogen (secondary N) is 1. The molecule has 30 heavy (non-hydrogen) atoms. The summed E-state index contributed by atoms with van der Waals surface area (Å²) < 4.78 is 41.4. The lowest BCUT2D eigenvalue weighted by Crippen LogP contribution is -2.27. The highest BCUT2D eigenvalue weighted by atomic mass is 32.2. The van der Waals surface area contributed by atoms with Crippen molar-refractivity contribution < 1.29 is 17.6 Å². The first kappa shape index (κ1) is 20.4. The number of amides is 1. The van der Waals surface area contributed by atoms with Crippen LogP contribution in [0.5, 0.6) is 0 Å². The van der Waals surface area contributed by atoms with Gasteiger partial charge in [0.1, 0.15) is 11.3 Å². The van der Waals surface area contributed by atoms with Crippen molar-refractivity contribution in [1.29, 1.82) is 0 Å². The van der Waals surface area contributed by atoms with Crippen molar-refractivity contribution in [1.82, 2.24) is 24.6 Å². The van der Waals surface area contributed by atoms with Crippen LogP contribution in [-0.4, -0.2) is 46.7 Å². The molecule has 0 saturated carbocycles. The molecule has 2 aromatic carbocycles. The summed E-state index contributed by atoms with van der Waals surface area (Å²) in [6.07, 6.45) is 1.94. The minimum Gasteiger partial charge on any atom is -0.352 e. The van der Waals surface area contributed by atoms with E-state index in [9.17, 15) is 17.6 Å². The molecule has 8 nitrogen and oxygen atoms in total. The molecule has 4 rings (SSSR count). The van der Waals surface area contributed by atoms with E-state index in [2.05, 4.69) is 15.6 Å². The molecule has 0 unspecified atom stereocenters. The van der Waals surface area contributed by atoms with E-state index in [1.165, 1.54) is 22.5 Å². The van der Waals surface area contributed by atoms with Crippen LogP contribution in [0.3, 0.4) is 0 Å². The summed E-state index contributed by atoms with van der Waals surface area (Å²) in [5.41, 5.74) is 1.95. The Kier molecular flexibility index (Phi) is 5.78. The van der Waals surface area contributed by atoms with Crippen LogP contribution >= 0.6 is 0 Å². The average Bonchev–Trinajstić information content (AvgIpc) is 3.42. The first-order valence-electron chi connectivity index (χ1n) is 9.78. The van der Waals surface area contributed by atoms with Gasteiger partial charge in [0.05, 0.1) is 17.0 Å². The van der Waals surface area contributed by atoms with E-state index in [1.807, 2.05) is 0 Å². The number of sulfonamides is 1. The van der Waals surface area contributed by atoms with Gasteiger partial charge >= 0.3 is 0 Å². The Balaban J connectivity index is 1.39. The molecule has 10 heteroatoms. The highest BCUT2D eigenvalue weighted by Crippen LogP contribution is 2.23. The quantitative estimate of drug-likeness (QED) is 0.618. The fourth-order valence-corrected chi connectivity index (χ4v) is 4.99. The fraction of sp³-hybridized carbons (Fsp3) is 0.350. The highest BCUT2D eigenvalue weighted by molar-refractivity contribution is 7.89. The number of hydrogen-bond donors (Lipinski definition) is 1. The molecule has 3 aromatic rings. The van der Waals surface area contributed by atoms with Crippen molar-refractivity contribution in [3.05, 3.63) is 53.8 Å². The van der Waals surface area contributed by atoms with Crippen molar-refractivity contribution in [2.45, 2.75) is 37.2 Å². The molecule has 1 amide bonds. The Morgan fingerprint density at radius 3 is 2.57 bits per heavy atom. The van der Waals surface area contributed by atoms with Crippen LogP contribution in [0.15, 0.2) is 47.4 Å². The van der Waals surface area contributed by atoms with Gasteiger partial charge in [0.25, 0.3) is 0 Å². The van der Waals surface area contributed by atoms with Crippen molar-refractivity contribution in [3.63, 3.8) is 0 Å². The van der Waals surface area contributed by atoms with Gasteiger partial charge in [-0.1, -0.05) is 17.3 Å². The first-order valence-corrected chi connectivity index (χ1v) is 11.2. The van der Waals surface area contributed by atoms with Crippen LogP contribution in [-0.2, 0) is 27.9 Å². The number of carbonyl (C=O) groups is 1. The van der Waals surface area contributed by atoms with Gasteiger partial charge in [-0.3, -0.25) is 4.79 Å². The summed E-state index contributed by atoms with van der Waals surface area (Å²) in [7, 11) is -3.51. The van der Waals surface area contributed by atoms with Gasteiger partial charge < -0.3 is 5.32 Å². The summed E-state index contributed by atoms with van der Waals surface area (Å²) >= 11 is 0. The smallest absolute Gasteiger partial charge is 0.243 e. The minimum absolute atomic E-state index is 0.170. The average molecular weight is 431 g/mol. The summed E-state index contributed by atoms with van der Waals surface area (Å²) in [4.78, 5) is 12.3. The van der Waals surface area contributed by atoms with Gasteiger partial charge in [-0.15, -0.1) is 5.10 Å². The van der Waals surface area contributed by atoms with Gasteiger partial charge in [0.15, 0.2) is 0 Å². The van der Waals surface area contributed by atoms with Crippen molar-refractivity contribution in [2.75, 3.05) is 13.1 Å². The number of aryl methyl sites for hydroxylation is 1. The van der Waals surface area contributed by atoms with Gasteiger partial charge in [0, 0.05) is 26.1 Å². The van der Waals surface area contributed by atoms with Crippen LogP contribution in [0.4, 0.5) is 4.39 Å². The van der Waals surface area contributed by atoms with Crippen molar-refractivity contribution in [2.24, 2.45) is 0 Å². The zero-order valence-electron chi connectivity index (χ0n) is 16.3. The van der Waals surface area contributed by atoms with E-state index in [0.717, 1.165) is 18.4 Å². The van der Waals surface area contributed by atoms with E-state index >= 15 is 0 Å². The second-order valence-corrected chi connectivity index (χ2v) is 9.17. The summed E-state index contributed by atoms with van der Waals surface area (Å²) in [6, 6.07) is 10.7. The third-order valence-electron chi connectivity index (χ3n) is 5.14. The molecule has 2 heterocycles. The third kappa shape index (κ3) is 4.34. The zero-order valence-corrected chi connectivity index (χ0v) is 17.1. The molecule has 0 radical (unpaired) electrons. The molecule has 158 valence electrons. The topological polar surface area (TPSA) is 97.2 Å². The Labute approximate surface area is 173 Å². The van der Waals surface area contributed by atoms with E-state index in [1.54, 1.807) is 28.9 Å². The second kappa shape index (κ2) is 8.49. The lowest BCUT2D eigenvalue weighted by atomic mass is 10.2. The molecule has 0 spiro atoms. The molecule has 1 aliphatic heterocycles. The molecule has 1 aromatic heterocycles. The van der Waals surface area contributed by atoms with Crippen LogP contribution in [0, 0.1) is 5.82 Å². The Morgan fingerprint density at radius 1 is 1.10 bits per heavy atom. The maximum Gasteiger partial charge on any atom is 0.243 e. The number of aromatic nitrogens is 3. The van der Waals surface area contributed by atoms with Gasteiger partial charge in [0.2, 0.25) is 15.9 Å². The largest absolute Gasteiger partial charge is 0.352 e. The number of rotatable bonds is 7. The maximum absolute atomic E-state index is 12.9. The SMILES string of the molecule is O=C(CCn1nnc2cc(S(=O)(=O)N3CCCC3)ccc21)NCc1ccc(F)cc1. The monoisotopic (exact) mass is 431 g/mol. The lowest BCUT2D eigenvalue weighted by Gasteiger charge is -2.15. The molecular weight excluding hydrogens is 409 g/mol. The van der Waals surface area contributed by atoms with Gasteiger partial charge in [-0.25, -0.2) is 17.5 Å². The number of nitrogens with zero attached hydrogens (tertiary/aromatic N) is 4. The lowest BCUT2D eigenvalue weighted by molar-refractivity contribution is -0.121. The molecule has 1 saturated heterocycles. The molecule has 1 aliphatic rings. The zero-order chi connectivity index (χ0) is 21.1. The molecule has 1 fully saturated rings. The predicted octanol–water partition coefficient (Wildman–Crippen LogP) is 2.06. The van der Waals surface area contributed by atoms with Crippen LogP contribution < -0.4 is 5.32 Å². The number of carbonyl (C=O) groups excluding carboxylic acids is 1. The molecular formula is C20H22FN5O3S. The summed E-state index contributed by atoms with van der Waals surface area (Å²) in [5.74, 6) is -0.490. The number of halogens is 1. The van der Waals surface area contributed by atoms with E-state index in [-0.39, 0.29) is 23.0 Å². The number of benzene rings is 2. The first-order chi connectivity index (χ1) is 14.4. The highest BCUT2D eigenvalue weighted by Gasteiger charge is 2.27. The number of fused-ring (bicyclic) bond motifs is 1. The molecule has 0 bridgehead atoms. The summed E-state index contributed by atoms with van der Waals surface area (Å²) in [6.45, 7) is 1.71. The molecule has 1 N–H and O–H groups in total. The minimum atomic E-state index is -3.51. The molecule has 0 aliphatic carbocycles. The second-order valence-electron chi connectivity index (χ2n) is 7.23. The maximum atomic E-state index is 12.9. The predicted molar refractivity (Wildman–Crippen MR) is 108 cm³/mol. The van der Waals surface area contributed by atoms with E-state index < -0.39 is 10.0 Å². The fourth-order valence-electron chi connectivity index (χ4n) is 3.45. The van der Waals surface area contributed by atoms with E-state index in [0.29, 0.717) is 37.2 Å². The standard InChI is InChI=1S/C20H22FN5O3S/c21-16-5-3-15(4-6-16)14-22-20(27)9-12-26-19-8-7-17(13-18(19)23-24-26)30(28,29)25-10-1-2-11-25/h3-8,13H,1-2,9-12,14H2,(H,22,27). The van der Waals surface area contributed by atoms with Gasteiger partial charge in [-0.05, 0) is 48.7 Å². The van der Waals surface area contributed by atoms with Crippen LogP contribution in [0.25, 0.3) is 11.0 Å².